The normalized spacial score (nSPS) is 10.7. The van der Waals surface area contributed by atoms with Crippen LogP contribution in [-0.4, -0.2) is 15.1 Å². The minimum atomic E-state index is 0.603. The first-order valence-corrected chi connectivity index (χ1v) is 6.56. The third kappa shape index (κ3) is 2.72. The largest absolute Gasteiger partial charge is 0.365 e. The second-order valence-corrected chi connectivity index (χ2v) is 4.62. The van der Waals surface area contributed by atoms with E-state index in [1.165, 1.54) is 0 Å². The molecule has 4 N–H and O–H groups in total. The Balaban J connectivity index is 2.25. The number of hydrogen-bond donors (Lipinski definition) is 3. The SMILES string of the molecule is CCc1nc(NN)c(C)c(NCc2c(C)noc2C)n1. The second kappa shape index (κ2) is 5.87. The van der Waals surface area contributed by atoms with E-state index in [9.17, 15) is 0 Å². The predicted octanol–water partition coefficient (Wildman–Crippen LogP) is 1.85. The summed E-state index contributed by atoms with van der Waals surface area (Å²) in [5.41, 5.74) is 5.42. The molecule has 108 valence electrons. The lowest BCUT2D eigenvalue weighted by molar-refractivity contribution is 0.392. The van der Waals surface area contributed by atoms with Gasteiger partial charge in [-0.15, -0.1) is 0 Å². The van der Waals surface area contributed by atoms with E-state index < -0.39 is 0 Å². The van der Waals surface area contributed by atoms with Crippen LogP contribution in [0.15, 0.2) is 4.52 Å². The molecular weight excluding hydrogens is 256 g/mol. The van der Waals surface area contributed by atoms with E-state index >= 15 is 0 Å². The molecule has 7 heteroatoms. The second-order valence-electron chi connectivity index (χ2n) is 4.62. The van der Waals surface area contributed by atoms with Gasteiger partial charge in [-0.3, -0.25) is 0 Å². The molecule has 0 radical (unpaired) electrons. The first-order chi connectivity index (χ1) is 9.56. The van der Waals surface area contributed by atoms with Gasteiger partial charge in [0.2, 0.25) is 0 Å². The standard InChI is InChI=1S/C13H20N6O/c1-5-11-16-12(7(2)13(17-11)18-14)15-6-10-8(3)19-20-9(10)4/h5-6,14H2,1-4H3,(H2,15,16,17,18). The van der Waals surface area contributed by atoms with Gasteiger partial charge in [0.05, 0.1) is 5.69 Å². The van der Waals surface area contributed by atoms with Crippen molar-refractivity contribution in [1.29, 1.82) is 0 Å². The Labute approximate surface area is 117 Å². The molecule has 0 unspecified atom stereocenters. The van der Waals surface area contributed by atoms with Crippen LogP contribution in [0.4, 0.5) is 11.6 Å². The number of nitrogens with two attached hydrogens (primary N) is 1. The fraction of sp³-hybridized carbons (Fsp3) is 0.462. The molecule has 0 fully saturated rings. The minimum absolute atomic E-state index is 0.603. The van der Waals surface area contributed by atoms with Crippen LogP contribution in [0.5, 0.6) is 0 Å². The molecule has 0 saturated heterocycles. The maximum Gasteiger partial charge on any atom is 0.148 e. The molecule has 2 aromatic rings. The van der Waals surface area contributed by atoms with Gasteiger partial charge >= 0.3 is 0 Å². The number of hydrogen-bond acceptors (Lipinski definition) is 7. The van der Waals surface area contributed by atoms with Crippen LogP contribution < -0.4 is 16.6 Å². The highest BCUT2D eigenvalue weighted by Gasteiger charge is 2.12. The number of nitrogen functional groups attached to an aromatic ring is 1. The van der Waals surface area contributed by atoms with E-state index in [2.05, 4.69) is 25.9 Å². The highest BCUT2D eigenvalue weighted by Crippen LogP contribution is 2.21. The molecule has 2 aromatic heterocycles. The first kappa shape index (κ1) is 14.3. The molecule has 0 amide bonds. The van der Waals surface area contributed by atoms with Gasteiger partial charge in [0.15, 0.2) is 0 Å². The van der Waals surface area contributed by atoms with Gasteiger partial charge in [-0.1, -0.05) is 12.1 Å². The predicted molar refractivity (Wildman–Crippen MR) is 77.3 cm³/mol. The van der Waals surface area contributed by atoms with Gasteiger partial charge in [-0.2, -0.15) is 0 Å². The van der Waals surface area contributed by atoms with Crippen molar-refractivity contribution in [3.63, 3.8) is 0 Å². The molecule has 0 spiro atoms. The minimum Gasteiger partial charge on any atom is -0.365 e. The zero-order valence-corrected chi connectivity index (χ0v) is 12.2. The molecule has 2 heterocycles. The fourth-order valence-corrected chi connectivity index (χ4v) is 1.96. The molecule has 0 aliphatic heterocycles. The third-order valence-electron chi connectivity index (χ3n) is 3.26. The lowest BCUT2D eigenvalue weighted by atomic mass is 10.2. The molecule has 7 nitrogen and oxygen atoms in total. The zero-order chi connectivity index (χ0) is 14.7. The Morgan fingerprint density at radius 2 is 1.85 bits per heavy atom. The summed E-state index contributed by atoms with van der Waals surface area (Å²) in [7, 11) is 0. The molecule has 0 bridgehead atoms. The highest BCUT2D eigenvalue weighted by molar-refractivity contribution is 5.57. The van der Waals surface area contributed by atoms with Crippen molar-refractivity contribution in [2.24, 2.45) is 5.84 Å². The van der Waals surface area contributed by atoms with Gasteiger partial charge in [0.25, 0.3) is 0 Å². The van der Waals surface area contributed by atoms with Crippen LogP contribution in [0, 0.1) is 20.8 Å². The third-order valence-corrected chi connectivity index (χ3v) is 3.26. The molecule has 2 rings (SSSR count). The number of aromatic nitrogens is 3. The van der Waals surface area contributed by atoms with Crippen molar-refractivity contribution >= 4 is 11.6 Å². The lowest BCUT2D eigenvalue weighted by Crippen LogP contribution is -2.15. The van der Waals surface area contributed by atoms with Crippen molar-refractivity contribution in [2.45, 2.75) is 40.7 Å². The van der Waals surface area contributed by atoms with E-state index in [0.29, 0.717) is 12.4 Å². The Hall–Kier alpha value is -2.15. The highest BCUT2D eigenvalue weighted by atomic mass is 16.5. The summed E-state index contributed by atoms with van der Waals surface area (Å²) in [6, 6.07) is 0. The number of nitrogens with one attached hydrogen (secondary N) is 2. The van der Waals surface area contributed by atoms with E-state index in [0.717, 1.165) is 40.6 Å². The molecule has 0 aromatic carbocycles. The Bertz CT molecular complexity index is 588. The van der Waals surface area contributed by atoms with Crippen molar-refractivity contribution in [3.8, 4) is 0 Å². The van der Waals surface area contributed by atoms with E-state index in [1.54, 1.807) is 0 Å². The number of hydrazine groups is 1. The lowest BCUT2D eigenvalue weighted by Gasteiger charge is -2.13. The van der Waals surface area contributed by atoms with Crippen LogP contribution in [0.2, 0.25) is 0 Å². The van der Waals surface area contributed by atoms with Gasteiger partial charge < -0.3 is 15.3 Å². The average Bonchev–Trinajstić information content (AvgIpc) is 2.77. The average molecular weight is 276 g/mol. The van der Waals surface area contributed by atoms with Crippen LogP contribution in [-0.2, 0) is 13.0 Å². The van der Waals surface area contributed by atoms with Crippen molar-refractivity contribution in [3.05, 3.63) is 28.4 Å². The number of aryl methyl sites for hydroxylation is 3. The summed E-state index contributed by atoms with van der Waals surface area (Å²) in [5, 5.41) is 7.24. The molecule has 0 aliphatic rings. The Morgan fingerprint density at radius 3 is 2.40 bits per heavy atom. The summed E-state index contributed by atoms with van der Waals surface area (Å²) in [4.78, 5) is 8.82. The molecule has 0 aliphatic carbocycles. The maximum atomic E-state index is 5.49. The van der Waals surface area contributed by atoms with Crippen molar-refractivity contribution in [1.82, 2.24) is 15.1 Å². The molecule has 0 saturated carbocycles. The number of nitrogens with zero attached hydrogens (tertiary/aromatic N) is 3. The van der Waals surface area contributed by atoms with Gasteiger partial charge in [-0.05, 0) is 20.8 Å². The summed E-state index contributed by atoms with van der Waals surface area (Å²) < 4.78 is 5.15. The summed E-state index contributed by atoms with van der Waals surface area (Å²) in [6.07, 6.45) is 0.745. The topological polar surface area (TPSA) is 102 Å². The van der Waals surface area contributed by atoms with E-state index in [1.807, 2.05) is 27.7 Å². The summed E-state index contributed by atoms with van der Waals surface area (Å²) in [6.45, 7) is 8.35. The molecular formula is C13H20N6O. The molecule has 20 heavy (non-hydrogen) atoms. The van der Waals surface area contributed by atoms with Crippen LogP contribution >= 0.6 is 0 Å². The van der Waals surface area contributed by atoms with Crippen LogP contribution in [0.25, 0.3) is 0 Å². The van der Waals surface area contributed by atoms with Crippen molar-refractivity contribution < 1.29 is 4.52 Å². The maximum absolute atomic E-state index is 5.49. The monoisotopic (exact) mass is 276 g/mol. The fourth-order valence-electron chi connectivity index (χ4n) is 1.96. The number of anilines is 2. The van der Waals surface area contributed by atoms with Gasteiger partial charge in [0.1, 0.15) is 23.2 Å². The van der Waals surface area contributed by atoms with Crippen LogP contribution in [0.1, 0.15) is 35.3 Å². The first-order valence-electron chi connectivity index (χ1n) is 6.56. The summed E-state index contributed by atoms with van der Waals surface area (Å²) in [5.74, 6) is 8.45. The van der Waals surface area contributed by atoms with E-state index in [4.69, 9.17) is 10.4 Å². The quantitative estimate of drug-likeness (QED) is 0.565. The summed E-state index contributed by atoms with van der Waals surface area (Å²) >= 11 is 0. The Morgan fingerprint density at radius 1 is 1.15 bits per heavy atom. The number of rotatable bonds is 5. The van der Waals surface area contributed by atoms with E-state index in [-0.39, 0.29) is 0 Å². The van der Waals surface area contributed by atoms with Crippen molar-refractivity contribution in [2.75, 3.05) is 10.7 Å². The Kier molecular flexibility index (Phi) is 4.19. The van der Waals surface area contributed by atoms with Gasteiger partial charge in [-0.25, -0.2) is 15.8 Å². The van der Waals surface area contributed by atoms with Crippen LogP contribution in [0.3, 0.4) is 0 Å². The smallest absolute Gasteiger partial charge is 0.148 e. The molecule has 0 atom stereocenters. The zero-order valence-electron chi connectivity index (χ0n) is 12.2. The van der Waals surface area contributed by atoms with Gasteiger partial charge in [0, 0.05) is 24.1 Å².